The quantitative estimate of drug-likeness (QED) is 0.854. The maximum absolute atomic E-state index is 4.52. The van der Waals surface area contributed by atoms with Crippen molar-refractivity contribution in [2.45, 2.75) is 32.4 Å². The van der Waals surface area contributed by atoms with Crippen LogP contribution in [0.1, 0.15) is 24.6 Å². The van der Waals surface area contributed by atoms with E-state index in [4.69, 9.17) is 0 Å². The van der Waals surface area contributed by atoms with Crippen LogP contribution in [0.15, 0.2) is 24.9 Å². The van der Waals surface area contributed by atoms with Gasteiger partial charge in [-0.25, -0.2) is 9.97 Å². The Labute approximate surface area is 100 Å². The molecule has 1 fully saturated rings. The lowest BCUT2D eigenvalue weighted by molar-refractivity contribution is 0.702. The molecule has 5 nitrogen and oxygen atoms in total. The number of imidazole rings is 2. The second-order valence-electron chi connectivity index (χ2n) is 4.57. The van der Waals surface area contributed by atoms with Gasteiger partial charge in [-0.1, -0.05) is 0 Å². The van der Waals surface area contributed by atoms with Crippen LogP contribution in [0.2, 0.25) is 0 Å². The minimum absolute atomic E-state index is 0.673. The number of anilines is 1. The molecule has 0 unspecified atom stereocenters. The predicted molar refractivity (Wildman–Crippen MR) is 66.0 cm³/mol. The van der Waals surface area contributed by atoms with E-state index in [1.54, 1.807) is 6.20 Å². The van der Waals surface area contributed by atoms with Gasteiger partial charge < -0.3 is 14.5 Å². The Morgan fingerprint density at radius 3 is 3.06 bits per heavy atom. The fraction of sp³-hybridized carbons (Fsp3) is 0.500. The van der Waals surface area contributed by atoms with Crippen molar-refractivity contribution in [3.8, 4) is 0 Å². The molecule has 0 amide bonds. The van der Waals surface area contributed by atoms with E-state index in [9.17, 15) is 0 Å². The molecule has 0 bridgehead atoms. The van der Waals surface area contributed by atoms with Crippen LogP contribution in [0.5, 0.6) is 0 Å². The van der Waals surface area contributed by atoms with Crippen LogP contribution in [0.25, 0.3) is 0 Å². The average molecular weight is 231 g/mol. The first kappa shape index (κ1) is 10.4. The summed E-state index contributed by atoms with van der Waals surface area (Å²) in [4.78, 5) is 8.54. The number of nitrogens with one attached hydrogen (secondary N) is 1. The molecule has 17 heavy (non-hydrogen) atoms. The van der Waals surface area contributed by atoms with Gasteiger partial charge in [0.05, 0.1) is 12.0 Å². The zero-order valence-corrected chi connectivity index (χ0v) is 10.0. The molecular weight excluding hydrogens is 214 g/mol. The summed E-state index contributed by atoms with van der Waals surface area (Å²) in [6, 6.07) is 0.673. The molecule has 0 atom stereocenters. The van der Waals surface area contributed by atoms with Gasteiger partial charge in [0.2, 0.25) is 5.95 Å². The molecule has 0 radical (unpaired) electrons. The zero-order valence-electron chi connectivity index (χ0n) is 10.0. The van der Waals surface area contributed by atoms with Crippen LogP contribution in [-0.4, -0.2) is 25.6 Å². The van der Waals surface area contributed by atoms with Crippen LogP contribution in [0.3, 0.4) is 0 Å². The molecule has 90 valence electrons. The zero-order chi connectivity index (χ0) is 11.7. The fourth-order valence-corrected chi connectivity index (χ4v) is 1.99. The highest BCUT2D eigenvalue weighted by atomic mass is 15.2. The second kappa shape index (κ2) is 4.24. The summed E-state index contributed by atoms with van der Waals surface area (Å²) in [6.45, 7) is 3.83. The number of nitrogens with zero attached hydrogens (tertiary/aromatic N) is 4. The standard InChI is InChI=1S/C12H17N5/c1-10-8-17(11-2-3-11)12(15-10)14-5-7-16-6-4-13-9-16/h4,6,8-9,11H,2-3,5,7H2,1H3,(H,14,15). The summed E-state index contributed by atoms with van der Waals surface area (Å²) in [6.07, 6.45) is 10.3. The monoisotopic (exact) mass is 231 g/mol. The highest BCUT2D eigenvalue weighted by Gasteiger charge is 2.25. The Kier molecular flexibility index (Phi) is 2.59. The van der Waals surface area contributed by atoms with Gasteiger partial charge in [-0.15, -0.1) is 0 Å². The Morgan fingerprint density at radius 2 is 2.35 bits per heavy atom. The summed E-state index contributed by atoms with van der Waals surface area (Å²) >= 11 is 0. The Morgan fingerprint density at radius 1 is 1.47 bits per heavy atom. The van der Waals surface area contributed by atoms with E-state index < -0.39 is 0 Å². The van der Waals surface area contributed by atoms with Crippen molar-refractivity contribution < 1.29 is 0 Å². The van der Waals surface area contributed by atoms with Gasteiger partial charge in [0.1, 0.15) is 0 Å². The number of hydrogen-bond donors (Lipinski definition) is 1. The van der Waals surface area contributed by atoms with Gasteiger partial charge in [-0.05, 0) is 19.8 Å². The molecule has 0 aliphatic heterocycles. The van der Waals surface area contributed by atoms with Crippen molar-refractivity contribution in [3.05, 3.63) is 30.6 Å². The van der Waals surface area contributed by atoms with Gasteiger partial charge >= 0.3 is 0 Å². The molecule has 2 heterocycles. The van der Waals surface area contributed by atoms with Crippen LogP contribution in [0, 0.1) is 6.92 Å². The third-order valence-corrected chi connectivity index (χ3v) is 3.01. The van der Waals surface area contributed by atoms with Gasteiger partial charge in [0.25, 0.3) is 0 Å². The lowest BCUT2D eigenvalue weighted by Crippen LogP contribution is -2.12. The number of aryl methyl sites for hydroxylation is 1. The lowest BCUT2D eigenvalue weighted by Gasteiger charge is -2.08. The molecule has 0 saturated heterocycles. The van der Waals surface area contributed by atoms with Crippen LogP contribution in [-0.2, 0) is 6.54 Å². The van der Waals surface area contributed by atoms with E-state index in [0.29, 0.717) is 6.04 Å². The topological polar surface area (TPSA) is 47.7 Å². The van der Waals surface area contributed by atoms with Crippen molar-refractivity contribution in [1.29, 1.82) is 0 Å². The van der Waals surface area contributed by atoms with Crippen molar-refractivity contribution in [3.63, 3.8) is 0 Å². The molecule has 0 aromatic carbocycles. The summed E-state index contributed by atoms with van der Waals surface area (Å²) < 4.78 is 4.33. The minimum Gasteiger partial charge on any atom is -0.354 e. The normalized spacial score (nSPS) is 15.1. The van der Waals surface area contributed by atoms with Crippen molar-refractivity contribution in [2.24, 2.45) is 0 Å². The molecule has 1 saturated carbocycles. The van der Waals surface area contributed by atoms with Crippen molar-refractivity contribution >= 4 is 5.95 Å². The van der Waals surface area contributed by atoms with Crippen molar-refractivity contribution in [2.75, 3.05) is 11.9 Å². The van der Waals surface area contributed by atoms with E-state index in [-0.39, 0.29) is 0 Å². The average Bonchev–Trinajstić information content (AvgIpc) is 2.90. The number of rotatable bonds is 5. The van der Waals surface area contributed by atoms with E-state index in [0.717, 1.165) is 24.7 Å². The summed E-state index contributed by atoms with van der Waals surface area (Å²) in [5.74, 6) is 1.00. The molecular formula is C12H17N5. The first-order chi connectivity index (χ1) is 8.33. The molecule has 1 aliphatic carbocycles. The van der Waals surface area contributed by atoms with E-state index in [1.165, 1.54) is 12.8 Å². The van der Waals surface area contributed by atoms with Crippen LogP contribution >= 0.6 is 0 Å². The maximum atomic E-state index is 4.52. The Hall–Kier alpha value is -1.78. The lowest BCUT2D eigenvalue weighted by atomic mass is 10.5. The number of aromatic nitrogens is 4. The van der Waals surface area contributed by atoms with E-state index in [1.807, 2.05) is 19.4 Å². The second-order valence-corrected chi connectivity index (χ2v) is 4.57. The molecule has 2 aromatic heterocycles. The van der Waals surface area contributed by atoms with Gasteiger partial charge in [-0.3, -0.25) is 0 Å². The summed E-state index contributed by atoms with van der Waals surface area (Å²) in [7, 11) is 0. The number of hydrogen-bond acceptors (Lipinski definition) is 3. The summed E-state index contributed by atoms with van der Waals surface area (Å²) in [5.41, 5.74) is 1.09. The fourth-order valence-electron chi connectivity index (χ4n) is 1.99. The third-order valence-electron chi connectivity index (χ3n) is 3.01. The molecule has 2 aromatic rings. The first-order valence-corrected chi connectivity index (χ1v) is 6.08. The van der Waals surface area contributed by atoms with E-state index >= 15 is 0 Å². The summed E-state index contributed by atoms with van der Waals surface area (Å²) in [5, 5.41) is 3.40. The SMILES string of the molecule is Cc1cn(C2CC2)c(NCCn2ccnc2)n1. The maximum Gasteiger partial charge on any atom is 0.203 e. The highest BCUT2D eigenvalue weighted by molar-refractivity contribution is 5.30. The van der Waals surface area contributed by atoms with Gasteiger partial charge in [-0.2, -0.15) is 0 Å². The first-order valence-electron chi connectivity index (χ1n) is 6.08. The van der Waals surface area contributed by atoms with Crippen LogP contribution in [0.4, 0.5) is 5.95 Å². The molecule has 5 heteroatoms. The third kappa shape index (κ3) is 2.33. The van der Waals surface area contributed by atoms with Crippen molar-refractivity contribution in [1.82, 2.24) is 19.1 Å². The molecule has 3 rings (SSSR count). The largest absolute Gasteiger partial charge is 0.354 e. The van der Waals surface area contributed by atoms with E-state index in [2.05, 4.69) is 30.6 Å². The molecule has 1 aliphatic rings. The smallest absolute Gasteiger partial charge is 0.203 e. The Balaban J connectivity index is 1.60. The highest BCUT2D eigenvalue weighted by Crippen LogP contribution is 2.37. The Bertz CT molecular complexity index is 481. The molecule has 0 spiro atoms. The minimum atomic E-state index is 0.673. The van der Waals surface area contributed by atoms with Gasteiger partial charge in [0.15, 0.2) is 0 Å². The van der Waals surface area contributed by atoms with Crippen LogP contribution < -0.4 is 5.32 Å². The molecule has 1 N–H and O–H groups in total. The predicted octanol–water partition coefficient (Wildman–Crippen LogP) is 1.84. The van der Waals surface area contributed by atoms with Gasteiger partial charge in [0, 0.05) is 37.7 Å².